The lowest BCUT2D eigenvalue weighted by molar-refractivity contribution is 0.103. The van der Waals surface area contributed by atoms with Crippen molar-refractivity contribution < 1.29 is 9.84 Å². The quantitative estimate of drug-likeness (QED) is 0.759. The topological polar surface area (TPSA) is 41.5 Å². The fourth-order valence-corrected chi connectivity index (χ4v) is 1.66. The highest BCUT2D eigenvalue weighted by Crippen LogP contribution is 2.17. The van der Waals surface area contributed by atoms with Crippen LogP contribution in [-0.2, 0) is 0 Å². The first-order valence-electron chi connectivity index (χ1n) is 7.01. The van der Waals surface area contributed by atoms with Crippen molar-refractivity contribution in [1.29, 1.82) is 0 Å². The first kappa shape index (κ1) is 16.0. The van der Waals surface area contributed by atoms with Crippen molar-refractivity contribution in [3.63, 3.8) is 0 Å². The summed E-state index contributed by atoms with van der Waals surface area (Å²) in [4.78, 5) is 0. The molecule has 0 aromatic heterocycles. The lowest BCUT2D eigenvalue weighted by Gasteiger charge is -2.24. The van der Waals surface area contributed by atoms with Gasteiger partial charge in [-0.05, 0) is 36.5 Å². The van der Waals surface area contributed by atoms with Crippen molar-refractivity contribution in [3.05, 3.63) is 29.8 Å². The van der Waals surface area contributed by atoms with Crippen molar-refractivity contribution in [2.45, 2.75) is 40.2 Å². The predicted molar refractivity (Wildman–Crippen MR) is 79.6 cm³/mol. The fourth-order valence-electron chi connectivity index (χ4n) is 1.66. The molecule has 1 atom stereocenters. The molecule has 3 heteroatoms. The van der Waals surface area contributed by atoms with E-state index in [1.807, 2.05) is 31.2 Å². The van der Waals surface area contributed by atoms with Gasteiger partial charge >= 0.3 is 0 Å². The maximum Gasteiger partial charge on any atom is 0.119 e. The molecular weight excluding hydrogens is 238 g/mol. The third kappa shape index (κ3) is 6.60. The van der Waals surface area contributed by atoms with Gasteiger partial charge in [0, 0.05) is 13.1 Å². The Morgan fingerprint density at radius 2 is 2.11 bits per heavy atom. The van der Waals surface area contributed by atoms with E-state index in [-0.39, 0.29) is 5.41 Å². The van der Waals surface area contributed by atoms with Gasteiger partial charge in [0.15, 0.2) is 0 Å². The Morgan fingerprint density at radius 3 is 2.74 bits per heavy atom. The monoisotopic (exact) mass is 265 g/mol. The zero-order chi connectivity index (χ0) is 14.3. The average Bonchev–Trinajstić information content (AvgIpc) is 2.36. The van der Waals surface area contributed by atoms with Crippen LogP contribution in [0.3, 0.4) is 0 Å². The van der Waals surface area contributed by atoms with Gasteiger partial charge in [-0.3, -0.25) is 0 Å². The second-order valence-electron chi connectivity index (χ2n) is 5.93. The van der Waals surface area contributed by atoms with Crippen LogP contribution in [0.1, 0.15) is 32.8 Å². The number of aliphatic hydroxyl groups excluding tert-OH is 1. The summed E-state index contributed by atoms with van der Waals surface area (Å²) >= 11 is 0. The highest BCUT2D eigenvalue weighted by Gasteiger charge is 2.15. The minimum atomic E-state index is -0.479. The molecule has 0 radical (unpaired) electrons. The molecule has 0 amide bonds. The van der Waals surface area contributed by atoms with E-state index in [1.165, 1.54) is 0 Å². The molecule has 1 aromatic rings. The van der Waals surface area contributed by atoms with Crippen LogP contribution >= 0.6 is 0 Å². The fraction of sp³-hybridized carbons (Fsp3) is 0.625. The summed E-state index contributed by atoms with van der Waals surface area (Å²) in [6, 6.07) is 7.87. The number of rotatable bonds is 8. The van der Waals surface area contributed by atoms with Crippen LogP contribution in [-0.4, -0.2) is 30.9 Å². The Balaban J connectivity index is 2.23. The van der Waals surface area contributed by atoms with E-state index in [0.717, 1.165) is 24.3 Å². The number of aryl methyl sites for hydroxylation is 1. The molecule has 1 rings (SSSR count). The molecule has 108 valence electrons. The van der Waals surface area contributed by atoms with Crippen molar-refractivity contribution in [2.24, 2.45) is 5.41 Å². The molecule has 2 N–H and O–H groups in total. The molecule has 3 nitrogen and oxygen atoms in total. The third-order valence-corrected chi connectivity index (χ3v) is 3.37. The van der Waals surface area contributed by atoms with Gasteiger partial charge in [-0.2, -0.15) is 0 Å². The maximum atomic E-state index is 9.86. The van der Waals surface area contributed by atoms with Crippen molar-refractivity contribution in [2.75, 3.05) is 19.7 Å². The molecule has 0 aliphatic rings. The van der Waals surface area contributed by atoms with Crippen LogP contribution in [0.4, 0.5) is 0 Å². The van der Waals surface area contributed by atoms with E-state index in [1.54, 1.807) is 0 Å². The zero-order valence-electron chi connectivity index (χ0n) is 12.6. The first-order valence-corrected chi connectivity index (χ1v) is 7.01. The van der Waals surface area contributed by atoms with Crippen LogP contribution in [0.5, 0.6) is 5.75 Å². The Labute approximate surface area is 117 Å². The van der Waals surface area contributed by atoms with E-state index in [4.69, 9.17) is 4.74 Å². The summed E-state index contributed by atoms with van der Waals surface area (Å²) < 4.78 is 5.57. The highest BCUT2D eigenvalue weighted by molar-refractivity contribution is 5.27. The van der Waals surface area contributed by atoms with Gasteiger partial charge in [0.1, 0.15) is 18.5 Å². The van der Waals surface area contributed by atoms with E-state index in [2.05, 4.69) is 26.1 Å². The Bertz CT molecular complexity index is 377. The number of hydrogen-bond acceptors (Lipinski definition) is 3. The Morgan fingerprint density at radius 1 is 1.37 bits per heavy atom. The van der Waals surface area contributed by atoms with Crippen LogP contribution in [0, 0.1) is 12.3 Å². The molecule has 0 fully saturated rings. The van der Waals surface area contributed by atoms with Gasteiger partial charge in [-0.25, -0.2) is 0 Å². The summed E-state index contributed by atoms with van der Waals surface area (Å²) in [5, 5.41) is 13.2. The van der Waals surface area contributed by atoms with Gasteiger partial charge in [0.05, 0.1) is 0 Å². The van der Waals surface area contributed by atoms with Crippen LogP contribution < -0.4 is 10.1 Å². The SMILES string of the molecule is CCC(C)(C)CNCC(O)COc1cccc(C)c1. The van der Waals surface area contributed by atoms with E-state index < -0.39 is 6.10 Å². The molecule has 0 spiro atoms. The number of hydrogen-bond donors (Lipinski definition) is 2. The molecule has 19 heavy (non-hydrogen) atoms. The molecule has 0 aliphatic carbocycles. The molecule has 0 bridgehead atoms. The van der Waals surface area contributed by atoms with E-state index >= 15 is 0 Å². The predicted octanol–water partition coefficient (Wildman–Crippen LogP) is 2.76. The van der Waals surface area contributed by atoms with E-state index in [0.29, 0.717) is 13.2 Å². The van der Waals surface area contributed by atoms with Crippen LogP contribution in [0.15, 0.2) is 24.3 Å². The maximum absolute atomic E-state index is 9.86. The average molecular weight is 265 g/mol. The first-order chi connectivity index (χ1) is 8.93. The minimum Gasteiger partial charge on any atom is -0.491 e. The van der Waals surface area contributed by atoms with Gasteiger partial charge in [0.25, 0.3) is 0 Å². The van der Waals surface area contributed by atoms with Crippen molar-refractivity contribution >= 4 is 0 Å². The van der Waals surface area contributed by atoms with Gasteiger partial charge in [-0.1, -0.05) is 32.9 Å². The van der Waals surface area contributed by atoms with Crippen LogP contribution in [0.2, 0.25) is 0 Å². The van der Waals surface area contributed by atoms with Crippen LogP contribution in [0.25, 0.3) is 0 Å². The zero-order valence-corrected chi connectivity index (χ0v) is 12.6. The third-order valence-electron chi connectivity index (χ3n) is 3.37. The summed E-state index contributed by atoms with van der Waals surface area (Å²) in [6.45, 7) is 10.4. The molecule has 0 heterocycles. The van der Waals surface area contributed by atoms with Gasteiger partial charge in [-0.15, -0.1) is 0 Å². The minimum absolute atomic E-state index is 0.275. The largest absolute Gasteiger partial charge is 0.491 e. The standard InChI is InChI=1S/C16H27NO2/c1-5-16(3,4)12-17-10-14(18)11-19-15-8-6-7-13(2)9-15/h6-9,14,17-18H,5,10-12H2,1-4H3. The molecule has 1 aromatic carbocycles. The summed E-state index contributed by atoms with van der Waals surface area (Å²) in [5.74, 6) is 0.813. The Kier molecular flexibility index (Phi) is 6.32. The van der Waals surface area contributed by atoms with Gasteiger partial charge in [0.2, 0.25) is 0 Å². The summed E-state index contributed by atoms with van der Waals surface area (Å²) in [6.07, 6.45) is 0.642. The normalized spacial score (nSPS) is 13.3. The second kappa shape index (κ2) is 7.51. The second-order valence-corrected chi connectivity index (χ2v) is 5.93. The lowest BCUT2D eigenvalue weighted by atomic mass is 9.90. The Hall–Kier alpha value is -1.06. The summed E-state index contributed by atoms with van der Waals surface area (Å²) in [5.41, 5.74) is 1.44. The van der Waals surface area contributed by atoms with Crippen molar-refractivity contribution in [3.8, 4) is 5.75 Å². The molecule has 0 aliphatic heterocycles. The summed E-state index contributed by atoms with van der Waals surface area (Å²) in [7, 11) is 0. The van der Waals surface area contributed by atoms with Crippen molar-refractivity contribution in [1.82, 2.24) is 5.32 Å². The van der Waals surface area contributed by atoms with E-state index in [9.17, 15) is 5.11 Å². The number of nitrogens with one attached hydrogen (secondary N) is 1. The molecule has 1 unspecified atom stereocenters. The molecule has 0 saturated heterocycles. The molecule has 0 saturated carbocycles. The highest BCUT2D eigenvalue weighted by atomic mass is 16.5. The number of ether oxygens (including phenoxy) is 1. The van der Waals surface area contributed by atoms with Gasteiger partial charge < -0.3 is 15.2 Å². The molecular formula is C16H27NO2. The smallest absolute Gasteiger partial charge is 0.119 e. The number of benzene rings is 1. The lowest BCUT2D eigenvalue weighted by Crippen LogP contribution is -2.36. The number of aliphatic hydroxyl groups is 1.